The molecule has 1 heterocycles. The first-order chi connectivity index (χ1) is 7.85. The molecule has 16 heavy (non-hydrogen) atoms. The Hall–Kier alpha value is -1.68. The van der Waals surface area contributed by atoms with E-state index in [0.717, 1.165) is 16.9 Å². The highest BCUT2D eigenvalue weighted by molar-refractivity contribution is 7.13. The lowest BCUT2D eigenvalue weighted by atomic mass is 10.1. The van der Waals surface area contributed by atoms with Gasteiger partial charge in [0.1, 0.15) is 17.0 Å². The highest BCUT2D eigenvalue weighted by Crippen LogP contribution is 2.31. The lowest BCUT2D eigenvalue weighted by molar-refractivity contribution is 0.112. The maximum absolute atomic E-state index is 10.7. The molecular formula is C12H11NO2S. The van der Waals surface area contributed by atoms with Gasteiger partial charge >= 0.3 is 0 Å². The minimum Gasteiger partial charge on any atom is -0.493 e. The second-order valence-electron chi connectivity index (χ2n) is 3.14. The smallest absolute Gasteiger partial charge is 0.150 e. The number of aldehydes is 1. The second-order valence-corrected chi connectivity index (χ2v) is 4.04. The van der Waals surface area contributed by atoms with E-state index in [-0.39, 0.29) is 0 Å². The van der Waals surface area contributed by atoms with Gasteiger partial charge in [-0.2, -0.15) is 0 Å². The molecule has 2 rings (SSSR count). The van der Waals surface area contributed by atoms with Crippen molar-refractivity contribution in [3.8, 4) is 16.3 Å². The van der Waals surface area contributed by atoms with Crippen molar-refractivity contribution in [2.45, 2.75) is 6.92 Å². The molecule has 82 valence electrons. The van der Waals surface area contributed by atoms with Crippen LogP contribution in [0.2, 0.25) is 0 Å². The van der Waals surface area contributed by atoms with Gasteiger partial charge in [0.15, 0.2) is 0 Å². The average molecular weight is 233 g/mol. The third-order valence-electron chi connectivity index (χ3n) is 2.10. The summed E-state index contributed by atoms with van der Waals surface area (Å²) in [5.74, 6) is 0.710. The zero-order valence-corrected chi connectivity index (χ0v) is 9.66. The number of aromatic nitrogens is 1. The van der Waals surface area contributed by atoms with Crippen LogP contribution in [0.4, 0.5) is 0 Å². The van der Waals surface area contributed by atoms with Gasteiger partial charge in [-0.1, -0.05) is 6.07 Å². The van der Waals surface area contributed by atoms with E-state index in [1.54, 1.807) is 29.7 Å². The van der Waals surface area contributed by atoms with Crippen molar-refractivity contribution in [1.29, 1.82) is 0 Å². The Kier molecular flexibility index (Phi) is 3.31. The molecule has 0 saturated carbocycles. The molecule has 1 aromatic heterocycles. The van der Waals surface area contributed by atoms with E-state index >= 15 is 0 Å². The third-order valence-corrected chi connectivity index (χ3v) is 2.91. The predicted molar refractivity (Wildman–Crippen MR) is 64.1 cm³/mol. The lowest BCUT2D eigenvalue weighted by Crippen LogP contribution is -1.95. The number of thiazole rings is 1. The number of rotatable bonds is 4. The molecule has 0 bridgehead atoms. The van der Waals surface area contributed by atoms with Crippen LogP contribution in [0, 0.1) is 0 Å². The summed E-state index contributed by atoms with van der Waals surface area (Å²) in [4.78, 5) is 14.9. The van der Waals surface area contributed by atoms with Crippen LogP contribution in [0.3, 0.4) is 0 Å². The number of carbonyl (C=O) groups is 1. The van der Waals surface area contributed by atoms with Crippen molar-refractivity contribution >= 4 is 17.6 Å². The van der Waals surface area contributed by atoms with Gasteiger partial charge in [0.05, 0.1) is 12.2 Å². The Balaban J connectivity index is 2.47. The SMILES string of the molecule is CCOc1cc(C=O)ccc1-c1nccs1. The van der Waals surface area contributed by atoms with E-state index in [2.05, 4.69) is 4.98 Å². The highest BCUT2D eigenvalue weighted by atomic mass is 32.1. The fourth-order valence-electron chi connectivity index (χ4n) is 1.42. The molecule has 0 atom stereocenters. The quantitative estimate of drug-likeness (QED) is 0.762. The van der Waals surface area contributed by atoms with Crippen LogP contribution < -0.4 is 4.74 Å². The van der Waals surface area contributed by atoms with Crippen LogP contribution in [0.15, 0.2) is 29.8 Å². The predicted octanol–water partition coefficient (Wildman–Crippen LogP) is 3.02. The van der Waals surface area contributed by atoms with Gasteiger partial charge in [0.25, 0.3) is 0 Å². The molecule has 0 unspecified atom stereocenters. The fraction of sp³-hybridized carbons (Fsp3) is 0.167. The molecule has 0 radical (unpaired) electrons. The molecule has 0 aliphatic heterocycles. The average Bonchev–Trinajstić information content (AvgIpc) is 2.83. The number of hydrogen-bond acceptors (Lipinski definition) is 4. The van der Waals surface area contributed by atoms with Crippen LogP contribution >= 0.6 is 11.3 Å². The summed E-state index contributed by atoms with van der Waals surface area (Å²) in [5.41, 5.74) is 1.55. The van der Waals surface area contributed by atoms with Crippen LogP contribution in [-0.2, 0) is 0 Å². The summed E-state index contributed by atoms with van der Waals surface area (Å²) in [6.07, 6.45) is 2.57. The minimum absolute atomic E-state index is 0.570. The van der Waals surface area contributed by atoms with Gasteiger partial charge in [0, 0.05) is 17.1 Å². The molecule has 0 amide bonds. The number of hydrogen-bond donors (Lipinski definition) is 0. The molecule has 3 nitrogen and oxygen atoms in total. The zero-order valence-electron chi connectivity index (χ0n) is 8.84. The van der Waals surface area contributed by atoms with Crippen LogP contribution in [0.5, 0.6) is 5.75 Å². The molecule has 0 N–H and O–H groups in total. The Labute approximate surface area is 97.7 Å². The maximum atomic E-state index is 10.7. The summed E-state index contributed by atoms with van der Waals surface area (Å²) >= 11 is 1.55. The summed E-state index contributed by atoms with van der Waals surface area (Å²) in [5, 5.41) is 2.82. The fourth-order valence-corrected chi connectivity index (χ4v) is 2.09. The number of nitrogens with zero attached hydrogens (tertiary/aromatic N) is 1. The van der Waals surface area contributed by atoms with Gasteiger partial charge in [-0.05, 0) is 19.1 Å². The molecule has 0 saturated heterocycles. The van der Waals surface area contributed by atoms with Crippen molar-refractivity contribution in [3.63, 3.8) is 0 Å². The summed E-state index contributed by atoms with van der Waals surface area (Å²) in [6.45, 7) is 2.49. The zero-order chi connectivity index (χ0) is 11.4. The lowest BCUT2D eigenvalue weighted by Gasteiger charge is -2.08. The van der Waals surface area contributed by atoms with E-state index in [4.69, 9.17) is 4.74 Å². The van der Waals surface area contributed by atoms with Gasteiger partial charge < -0.3 is 4.74 Å². The maximum Gasteiger partial charge on any atom is 0.150 e. The molecule has 0 aliphatic carbocycles. The van der Waals surface area contributed by atoms with E-state index < -0.39 is 0 Å². The second kappa shape index (κ2) is 4.90. The Morgan fingerprint density at radius 2 is 2.38 bits per heavy atom. The number of ether oxygens (including phenoxy) is 1. The van der Waals surface area contributed by atoms with E-state index in [1.807, 2.05) is 18.4 Å². The van der Waals surface area contributed by atoms with Crippen molar-refractivity contribution in [1.82, 2.24) is 4.98 Å². The van der Waals surface area contributed by atoms with Gasteiger partial charge in [0.2, 0.25) is 0 Å². The van der Waals surface area contributed by atoms with Crippen molar-refractivity contribution in [3.05, 3.63) is 35.3 Å². The highest BCUT2D eigenvalue weighted by Gasteiger charge is 2.09. The topological polar surface area (TPSA) is 39.2 Å². The first-order valence-electron chi connectivity index (χ1n) is 4.97. The van der Waals surface area contributed by atoms with E-state index in [9.17, 15) is 4.79 Å². The number of benzene rings is 1. The molecule has 2 aromatic rings. The summed E-state index contributed by atoms with van der Waals surface area (Å²) < 4.78 is 5.51. The molecule has 0 spiro atoms. The van der Waals surface area contributed by atoms with Crippen molar-refractivity contribution < 1.29 is 9.53 Å². The van der Waals surface area contributed by atoms with Gasteiger partial charge in [-0.3, -0.25) is 4.79 Å². The Bertz CT molecular complexity index is 480. The minimum atomic E-state index is 0.570. The first kappa shape index (κ1) is 10.8. The monoisotopic (exact) mass is 233 g/mol. The molecule has 1 aromatic carbocycles. The summed E-state index contributed by atoms with van der Waals surface area (Å²) in [7, 11) is 0. The summed E-state index contributed by atoms with van der Waals surface area (Å²) in [6, 6.07) is 5.38. The van der Waals surface area contributed by atoms with Crippen LogP contribution in [0.1, 0.15) is 17.3 Å². The third kappa shape index (κ3) is 2.12. The van der Waals surface area contributed by atoms with Crippen molar-refractivity contribution in [2.24, 2.45) is 0 Å². The Morgan fingerprint density at radius 1 is 1.50 bits per heavy atom. The van der Waals surface area contributed by atoms with Crippen molar-refractivity contribution in [2.75, 3.05) is 6.61 Å². The molecule has 4 heteroatoms. The normalized spacial score (nSPS) is 10.1. The van der Waals surface area contributed by atoms with Crippen LogP contribution in [0.25, 0.3) is 10.6 Å². The molecular weight excluding hydrogens is 222 g/mol. The van der Waals surface area contributed by atoms with Crippen LogP contribution in [-0.4, -0.2) is 17.9 Å². The van der Waals surface area contributed by atoms with Gasteiger partial charge in [-0.25, -0.2) is 4.98 Å². The molecule has 0 aliphatic rings. The Morgan fingerprint density at radius 3 is 3.00 bits per heavy atom. The van der Waals surface area contributed by atoms with Gasteiger partial charge in [-0.15, -0.1) is 11.3 Å². The standard InChI is InChI=1S/C12H11NO2S/c1-2-15-11-7-9(8-14)3-4-10(11)12-13-5-6-16-12/h3-8H,2H2,1H3. The first-order valence-corrected chi connectivity index (χ1v) is 5.85. The molecule has 0 fully saturated rings. The van der Waals surface area contributed by atoms with E-state index in [1.165, 1.54) is 0 Å². The number of carbonyl (C=O) groups excluding carboxylic acids is 1. The largest absolute Gasteiger partial charge is 0.493 e. The van der Waals surface area contributed by atoms with E-state index in [0.29, 0.717) is 17.9 Å².